The average Bonchev–Trinajstić information content (AvgIpc) is 3.05. The summed E-state index contributed by atoms with van der Waals surface area (Å²) in [6.45, 7) is 1.91. The van der Waals surface area contributed by atoms with Crippen LogP contribution in [0.4, 0.5) is 11.6 Å². The van der Waals surface area contributed by atoms with E-state index in [1.54, 1.807) is 6.20 Å². The van der Waals surface area contributed by atoms with Crippen molar-refractivity contribution in [1.29, 1.82) is 0 Å². The number of aromatic nitrogens is 3. The summed E-state index contributed by atoms with van der Waals surface area (Å²) in [5, 5.41) is 7.34. The summed E-state index contributed by atoms with van der Waals surface area (Å²) in [5.74, 6) is 1.24. The molecule has 0 unspecified atom stereocenters. The van der Waals surface area contributed by atoms with Gasteiger partial charge in [-0.25, -0.2) is 9.97 Å². The summed E-state index contributed by atoms with van der Waals surface area (Å²) in [6.07, 6.45) is 1.73. The molecule has 5 nitrogen and oxygen atoms in total. The molecule has 0 aliphatic heterocycles. The zero-order valence-electron chi connectivity index (χ0n) is 13.7. The number of hydrogen-bond donors (Lipinski definition) is 1. The third kappa shape index (κ3) is 3.12. The van der Waals surface area contributed by atoms with Crippen LogP contribution in [0.5, 0.6) is 0 Å². The fourth-order valence-corrected chi connectivity index (χ4v) is 2.67. The van der Waals surface area contributed by atoms with Crippen molar-refractivity contribution >= 4 is 11.6 Å². The molecule has 5 heteroatoms. The zero-order chi connectivity index (χ0) is 17.1. The Morgan fingerprint density at radius 2 is 1.60 bits per heavy atom. The van der Waals surface area contributed by atoms with Crippen molar-refractivity contribution in [3.63, 3.8) is 0 Å². The van der Waals surface area contributed by atoms with Crippen molar-refractivity contribution in [2.75, 3.05) is 5.32 Å². The van der Waals surface area contributed by atoms with Crippen LogP contribution < -0.4 is 5.32 Å². The van der Waals surface area contributed by atoms with Gasteiger partial charge >= 0.3 is 0 Å². The van der Waals surface area contributed by atoms with Gasteiger partial charge in [0.25, 0.3) is 0 Å². The molecule has 0 saturated heterocycles. The Bertz CT molecular complexity index is 981. The summed E-state index contributed by atoms with van der Waals surface area (Å²) >= 11 is 0. The van der Waals surface area contributed by atoms with Gasteiger partial charge in [0.15, 0.2) is 5.76 Å². The Morgan fingerprint density at radius 3 is 2.36 bits per heavy atom. The van der Waals surface area contributed by atoms with Gasteiger partial charge in [-0.1, -0.05) is 53.7 Å². The van der Waals surface area contributed by atoms with Crippen LogP contribution in [0.3, 0.4) is 0 Å². The van der Waals surface area contributed by atoms with Gasteiger partial charge in [-0.3, -0.25) is 0 Å². The summed E-state index contributed by atoms with van der Waals surface area (Å²) in [5.41, 5.74) is 4.35. The second-order valence-electron chi connectivity index (χ2n) is 5.59. The molecule has 4 rings (SSSR count). The lowest BCUT2D eigenvalue weighted by atomic mass is 10.0. The summed E-state index contributed by atoms with van der Waals surface area (Å²) in [7, 11) is 0. The predicted octanol–water partition coefficient (Wildman–Crippen LogP) is 4.85. The normalized spacial score (nSPS) is 10.6. The summed E-state index contributed by atoms with van der Waals surface area (Å²) < 4.78 is 5.56. The lowest BCUT2D eigenvalue weighted by molar-refractivity contribution is 0.427. The highest BCUT2D eigenvalue weighted by Gasteiger charge is 2.18. The molecule has 0 amide bonds. The third-order valence-corrected chi connectivity index (χ3v) is 3.84. The maximum absolute atomic E-state index is 5.56. The number of para-hydroxylation sites is 1. The number of hydrogen-bond acceptors (Lipinski definition) is 5. The molecule has 2 aromatic heterocycles. The lowest BCUT2D eigenvalue weighted by Crippen LogP contribution is -1.98. The SMILES string of the molecule is Cc1noc(-c2ccccc2)c1-c1ccnc(Nc2ccccc2)n1. The first-order chi connectivity index (χ1) is 12.3. The second-order valence-corrected chi connectivity index (χ2v) is 5.59. The largest absolute Gasteiger partial charge is 0.355 e. The molecule has 0 atom stereocenters. The minimum absolute atomic E-state index is 0.531. The van der Waals surface area contributed by atoms with E-state index < -0.39 is 0 Å². The minimum Gasteiger partial charge on any atom is -0.355 e. The molecule has 1 N–H and O–H groups in total. The van der Waals surface area contributed by atoms with Gasteiger partial charge in [0.1, 0.15) is 0 Å². The smallest absolute Gasteiger partial charge is 0.227 e. The van der Waals surface area contributed by atoms with Crippen molar-refractivity contribution in [2.45, 2.75) is 6.92 Å². The number of nitrogens with zero attached hydrogens (tertiary/aromatic N) is 3. The molecule has 4 aromatic rings. The van der Waals surface area contributed by atoms with Crippen molar-refractivity contribution in [3.05, 3.63) is 78.6 Å². The van der Waals surface area contributed by atoms with Crippen molar-refractivity contribution in [1.82, 2.24) is 15.1 Å². The third-order valence-electron chi connectivity index (χ3n) is 3.84. The molecule has 2 heterocycles. The van der Waals surface area contributed by atoms with Gasteiger partial charge in [0, 0.05) is 17.4 Å². The number of nitrogens with one attached hydrogen (secondary N) is 1. The van der Waals surface area contributed by atoms with Crippen LogP contribution in [-0.2, 0) is 0 Å². The maximum atomic E-state index is 5.56. The van der Waals surface area contributed by atoms with E-state index in [2.05, 4.69) is 20.4 Å². The minimum atomic E-state index is 0.531. The Morgan fingerprint density at radius 1 is 0.880 bits per heavy atom. The monoisotopic (exact) mass is 328 g/mol. The Kier molecular flexibility index (Phi) is 3.96. The highest BCUT2D eigenvalue weighted by molar-refractivity contribution is 5.79. The lowest BCUT2D eigenvalue weighted by Gasteiger charge is -2.07. The number of rotatable bonds is 4. The molecule has 0 aliphatic rings. The number of benzene rings is 2. The van der Waals surface area contributed by atoms with E-state index in [9.17, 15) is 0 Å². The van der Waals surface area contributed by atoms with Crippen molar-refractivity contribution < 1.29 is 4.52 Å². The molecule has 0 bridgehead atoms. The first-order valence-electron chi connectivity index (χ1n) is 7.98. The number of aryl methyl sites for hydroxylation is 1. The molecule has 0 radical (unpaired) electrons. The topological polar surface area (TPSA) is 63.8 Å². The number of anilines is 2. The second kappa shape index (κ2) is 6.57. The van der Waals surface area contributed by atoms with Gasteiger partial charge in [-0.2, -0.15) is 0 Å². The fourth-order valence-electron chi connectivity index (χ4n) is 2.67. The van der Waals surface area contributed by atoms with Crippen LogP contribution in [0.1, 0.15) is 5.69 Å². The quantitative estimate of drug-likeness (QED) is 0.580. The molecule has 2 aromatic carbocycles. The maximum Gasteiger partial charge on any atom is 0.227 e. The summed E-state index contributed by atoms with van der Waals surface area (Å²) in [4.78, 5) is 8.94. The molecular weight excluding hydrogens is 312 g/mol. The van der Waals surface area contributed by atoms with Gasteiger partial charge in [-0.15, -0.1) is 0 Å². The van der Waals surface area contributed by atoms with E-state index in [1.807, 2.05) is 73.7 Å². The molecule has 0 saturated carbocycles. The Hall–Kier alpha value is -3.47. The molecule has 0 spiro atoms. The molecule has 122 valence electrons. The van der Waals surface area contributed by atoms with E-state index >= 15 is 0 Å². The standard InChI is InChI=1S/C20H16N4O/c1-14-18(19(25-24-14)15-8-4-2-5-9-15)17-12-13-21-20(23-17)22-16-10-6-3-7-11-16/h2-13H,1H3,(H,21,22,23). The zero-order valence-corrected chi connectivity index (χ0v) is 13.7. The van der Waals surface area contributed by atoms with Crippen molar-refractivity contribution in [2.24, 2.45) is 0 Å². The van der Waals surface area contributed by atoms with Crippen LogP contribution in [0, 0.1) is 6.92 Å². The molecule has 0 fully saturated rings. The molecule has 25 heavy (non-hydrogen) atoms. The van der Waals surface area contributed by atoms with Gasteiger partial charge in [0.2, 0.25) is 5.95 Å². The average molecular weight is 328 g/mol. The van der Waals surface area contributed by atoms with Gasteiger partial charge in [0.05, 0.1) is 17.0 Å². The van der Waals surface area contributed by atoms with Crippen LogP contribution in [0.25, 0.3) is 22.6 Å². The van der Waals surface area contributed by atoms with Crippen LogP contribution in [-0.4, -0.2) is 15.1 Å². The van der Waals surface area contributed by atoms with E-state index in [0.717, 1.165) is 28.2 Å². The molecule has 0 aliphatic carbocycles. The Labute approximate surface area is 145 Å². The highest BCUT2D eigenvalue weighted by atomic mass is 16.5. The predicted molar refractivity (Wildman–Crippen MR) is 97.4 cm³/mol. The first-order valence-corrected chi connectivity index (χ1v) is 7.98. The van der Waals surface area contributed by atoms with Gasteiger partial charge in [-0.05, 0) is 25.1 Å². The van der Waals surface area contributed by atoms with Crippen LogP contribution >= 0.6 is 0 Å². The fraction of sp³-hybridized carbons (Fsp3) is 0.0500. The van der Waals surface area contributed by atoms with Crippen LogP contribution in [0.15, 0.2) is 77.4 Å². The van der Waals surface area contributed by atoms with E-state index in [-0.39, 0.29) is 0 Å². The van der Waals surface area contributed by atoms with E-state index in [1.165, 1.54) is 0 Å². The van der Waals surface area contributed by atoms with Gasteiger partial charge < -0.3 is 9.84 Å². The van der Waals surface area contributed by atoms with E-state index in [0.29, 0.717) is 11.7 Å². The summed E-state index contributed by atoms with van der Waals surface area (Å²) in [6, 6.07) is 21.6. The molecular formula is C20H16N4O. The highest BCUT2D eigenvalue weighted by Crippen LogP contribution is 2.34. The van der Waals surface area contributed by atoms with Crippen molar-refractivity contribution in [3.8, 4) is 22.6 Å². The van der Waals surface area contributed by atoms with Crippen LogP contribution in [0.2, 0.25) is 0 Å². The first kappa shape index (κ1) is 15.1. The Balaban J connectivity index is 1.74. The van der Waals surface area contributed by atoms with E-state index in [4.69, 9.17) is 4.52 Å².